The van der Waals surface area contributed by atoms with Crippen LogP contribution in [0.4, 0.5) is 0 Å². The number of hydrogen-bond donors (Lipinski definition) is 1. The number of amides is 1. The zero-order valence-corrected chi connectivity index (χ0v) is 27.3. The number of ether oxygens (including phenoxy) is 2. The molecule has 0 saturated heterocycles. The third-order valence-corrected chi connectivity index (χ3v) is 8.91. The second kappa shape index (κ2) is 15.0. The Bertz CT molecular complexity index is 1660. The lowest BCUT2D eigenvalue weighted by molar-refractivity contribution is 0.0734. The number of ketones is 1. The molecule has 3 aromatic carbocycles. The van der Waals surface area contributed by atoms with Gasteiger partial charge in [0.05, 0.1) is 19.4 Å². The van der Waals surface area contributed by atoms with Crippen molar-refractivity contribution in [3.8, 4) is 11.5 Å². The number of nitrogens with zero attached hydrogens (tertiary/aromatic N) is 3. The van der Waals surface area contributed by atoms with Gasteiger partial charge in [-0.15, -0.1) is 0 Å². The molecule has 9 nitrogen and oxygen atoms in total. The molecule has 0 radical (unpaired) electrons. The Balaban J connectivity index is 0.00000417. The average molecular weight is 644 g/mol. The SMILES string of the molecule is COc1ccc(C(=O)N2CCc3cc(C(=O)CC[C@H](O)CN4CCc5c(ccc(OCc6cnco6)c5C)C4)ccc3C2)cc1.S. The molecule has 10 heteroatoms. The van der Waals surface area contributed by atoms with Gasteiger partial charge in [0, 0.05) is 50.3 Å². The molecule has 0 saturated carbocycles. The van der Waals surface area contributed by atoms with Crippen LogP contribution in [0.3, 0.4) is 0 Å². The minimum Gasteiger partial charge on any atom is -0.497 e. The van der Waals surface area contributed by atoms with Crippen LogP contribution in [-0.2, 0) is 32.5 Å². The molecule has 2 aliphatic rings. The number of aliphatic hydroxyl groups excluding tert-OH is 1. The van der Waals surface area contributed by atoms with Gasteiger partial charge in [0.25, 0.3) is 5.91 Å². The first-order valence-electron chi connectivity index (χ1n) is 15.5. The largest absolute Gasteiger partial charge is 0.497 e. The number of benzene rings is 3. The Hall–Kier alpha value is -4.12. The van der Waals surface area contributed by atoms with E-state index in [9.17, 15) is 14.7 Å². The van der Waals surface area contributed by atoms with E-state index in [2.05, 4.69) is 22.9 Å². The molecule has 0 aliphatic carbocycles. The number of aliphatic hydroxyl groups is 1. The predicted octanol–water partition coefficient (Wildman–Crippen LogP) is 5.26. The Morgan fingerprint density at radius 2 is 1.76 bits per heavy atom. The van der Waals surface area contributed by atoms with Gasteiger partial charge in [0.2, 0.25) is 0 Å². The molecular formula is C36H41N3O6S. The number of fused-ring (bicyclic) bond motifs is 2. The van der Waals surface area contributed by atoms with Gasteiger partial charge in [-0.2, -0.15) is 13.5 Å². The number of carbonyl (C=O) groups excluding carboxylic acids is 2. The quantitative estimate of drug-likeness (QED) is 0.221. The fourth-order valence-electron chi connectivity index (χ4n) is 6.30. The van der Waals surface area contributed by atoms with E-state index >= 15 is 0 Å². The van der Waals surface area contributed by atoms with E-state index in [0.717, 1.165) is 42.0 Å². The molecule has 242 valence electrons. The van der Waals surface area contributed by atoms with Gasteiger partial charge in [0.1, 0.15) is 18.1 Å². The van der Waals surface area contributed by atoms with Crippen LogP contribution in [0.2, 0.25) is 0 Å². The van der Waals surface area contributed by atoms with Crippen molar-refractivity contribution in [1.29, 1.82) is 0 Å². The maximum atomic E-state index is 13.1. The van der Waals surface area contributed by atoms with Crippen molar-refractivity contribution in [2.45, 2.75) is 58.4 Å². The fraction of sp³-hybridized carbons (Fsp3) is 0.361. The normalized spacial score (nSPS) is 14.9. The van der Waals surface area contributed by atoms with Gasteiger partial charge in [-0.1, -0.05) is 18.2 Å². The lowest BCUT2D eigenvalue weighted by Crippen LogP contribution is -2.37. The van der Waals surface area contributed by atoms with Crippen molar-refractivity contribution in [3.63, 3.8) is 0 Å². The number of carbonyl (C=O) groups is 2. The molecule has 1 N–H and O–H groups in total. The summed E-state index contributed by atoms with van der Waals surface area (Å²) in [6.07, 6.45) is 4.75. The maximum Gasteiger partial charge on any atom is 0.254 e. The molecule has 0 bridgehead atoms. The second-order valence-corrected chi connectivity index (χ2v) is 11.9. The van der Waals surface area contributed by atoms with Gasteiger partial charge in [-0.05, 0) is 90.4 Å². The number of rotatable bonds is 11. The zero-order valence-electron chi connectivity index (χ0n) is 26.3. The van der Waals surface area contributed by atoms with Crippen molar-refractivity contribution in [2.75, 3.05) is 26.7 Å². The number of Topliss-reactive ketones (excluding diaryl/α,β-unsaturated/α-hetero) is 1. The molecular weight excluding hydrogens is 602 g/mol. The summed E-state index contributed by atoms with van der Waals surface area (Å²) in [5.74, 6) is 2.27. The van der Waals surface area contributed by atoms with Crippen molar-refractivity contribution in [2.24, 2.45) is 0 Å². The van der Waals surface area contributed by atoms with Gasteiger partial charge in [-0.25, -0.2) is 4.98 Å². The standard InChI is InChI=1S/C36H39N3O6.H2S/c1-24-33-14-15-38(19-29(33)7-12-35(24)44-22-32-18-37-23-45-32)21-30(40)8-11-34(41)27-3-4-28-20-39(16-13-26(28)17-27)36(42)25-5-9-31(43-2)10-6-25;/h3-7,9-10,12,17-18,23,30,40H,8,11,13-16,19-22H2,1-2H3;1H2/t30-;/m0./s1. The molecule has 1 atom stereocenters. The summed E-state index contributed by atoms with van der Waals surface area (Å²) >= 11 is 0. The van der Waals surface area contributed by atoms with Gasteiger partial charge in [-0.3, -0.25) is 14.5 Å². The minimum absolute atomic E-state index is 0. The van der Waals surface area contributed by atoms with Crippen LogP contribution < -0.4 is 9.47 Å². The molecule has 0 spiro atoms. The van der Waals surface area contributed by atoms with Crippen molar-refractivity contribution < 1.29 is 28.6 Å². The van der Waals surface area contributed by atoms with Crippen molar-refractivity contribution in [1.82, 2.24) is 14.8 Å². The summed E-state index contributed by atoms with van der Waals surface area (Å²) in [5, 5.41) is 10.8. The van der Waals surface area contributed by atoms with Crippen LogP contribution in [0, 0.1) is 6.92 Å². The summed E-state index contributed by atoms with van der Waals surface area (Å²) in [6.45, 7) is 5.67. The van der Waals surface area contributed by atoms with Crippen LogP contribution in [0.5, 0.6) is 11.5 Å². The minimum atomic E-state index is -0.587. The Labute approximate surface area is 276 Å². The highest BCUT2D eigenvalue weighted by molar-refractivity contribution is 7.59. The third-order valence-electron chi connectivity index (χ3n) is 8.91. The van der Waals surface area contributed by atoms with E-state index in [4.69, 9.17) is 13.9 Å². The van der Waals surface area contributed by atoms with Crippen LogP contribution in [0.15, 0.2) is 71.6 Å². The van der Waals surface area contributed by atoms with E-state index < -0.39 is 6.10 Å². The highest BCUT2D eigenvalue weighted by atomic mass is 32.1. The Morgan fingerprint density at radius 3 is 2.52 bits per heavy atom. The predicted molar refractivity (Wildman–Crippen MR) is 179 cm³/mol. The fourth-order valence-corrected chi connectivity index (χ4v) is 6.30. The molecule has 2 aliphatic heterocycles. The Kier molecular flexibility index (Phi) is 10.8. The van der Waals surface area contributed by atoms with Crippen LogP contribution >= 0.6 is 13.5 Å². The highest BCUT2D eigenvalue weighted by Crippen LogP contribution is 2.30. The third kappa shape index (κ3) is 7.63. The number of oxazole rings is 1. The molecule has 6 rings (SSSR count). The number of aromatic nitrogens is 1. The summed E-state index contributed by atoms with van der Waals surface area (Å²) in [6, 6.07) is 17.0. The Morgan fingerprint density at radius 1 is 0.978 bits per heavy atom. The van der Waals surface area contributed by atoms with Crippen molar-refractivity contribution >= 4 is 25.2 Å². The summed E-state index contributed by atoms with van der Waals surface area (Å²) in [4.78, 5) is 34.1. The molecule has 0 fully saturated rings. The van der Waals surface area contributed by atoms with E-state index in [1.165, 1.54) is 17.5 Å². The van der Waals surface area contributed by atoms with E-state index in [-0.39, 0.29) is 31.6 Å². The molecule has 0 unspecified atom stereocenters. The van der Waals surface area contributed by atoms with Crippen LogP contribution in [0.25, 0.3) is 0 Å². The summed E-state index contributed by atoms with van der Waals surface area (Å²) in [5.41, 5.74) is 7.15. The molecule has 46 heavy (non-hydrogen) atoms. The lowest BCUT2D eigenvalue weighted by atomic mass is 9.93. The van der Waals surface area contributed by atoms with Crippen molar-refractivity contribution in [3.05, 3.63) is 112 Å². The summed E-state index contributed by atoms with van der Waals surface area (Å²) < 4.78 is 16.4. The molecule has 3 heterocycles. The lowest BCUT2D eigenvalue weighted by Gasteiger charge is -2.31. The second-order valence-electron chi connectivity index (χ2n) is 11.9. The molecule has 1 amide bonds. The first-order chi connectivity index (χ1) is 21.9. The van der Waals surface area contributed by atoms with Gasteiger partial charge < -0.3 is 23.9 Å². The average Bonchev–Trinajstić information content (AvgIpc) is 3.60. The smallest absolute Gasteiger partial charge is 0.254 e. The molecule has 4 aromatic rings. The van der Waals surface area contributed by atoms with E-state index in [1.54, 1.807) is 37.6 Å². The van der Waals surface area contributed by atoms with Gasteiger partial charge in [0.15, 0.2) is 17.9 Å². The monoisotopic (exact) mass is 643 g/mol. The first kappa shape index (κ1) is 33.2. The van der Waals surface area contributed by atoms with E-state index in [0.29, 0.717) is 61.7 Å². The number of β-amino-alcohol motifs (C(OH)–C–C–N with tert-alkyl or cyclic N) is 1. The summed E-state index contributed by atoms with van der Waals surface area (Å²) in [7, 11) is 1.60. The zero-order chi connectivity index (χ0) is 31.3. The van der Waals surface area contributed by atoms with Gasteiger partial charge >= 0.3 is 0 Å². The number of hydrogen-bond acceptors (Lipinski definition) is 8. The maximum absolute atomic E-state index is 13.1. The molecule has 1 aromatic heterocycles. The van der Waals surface area contributed by atoms with E-state index in [1.807, 2.05) is 29.2 Å². The highest BCUT2D eigenvalue weighted by Gasteiger charge is 2.24. The number of methoxy groups -OCH3 is 1. The van der Waals surface area contributed by atoms with Crippen LogP contribution in [-0.4, -0.2) is 64.4 Å². The first-order valence-corrected chi connectivity index (χ1v) is 15.5. The van der Waals surface area contributed by atoms with Crippen LogP contribution in [0.1, 0.15) is 67.1 Å². The topological polar surface area (TPSA) is 105 Å².